The Morgan fingerprint density at radius 3 is 1.75 bits per heavy atom. The Balaban J connectivity index is 1.02. The van der Waals surface area contributed by atoms with Crippen molar-refractivity contribution < 1.29 is 0 Å². The van der Waals surface area contributed by atoms with Gasteiger partial charge in [0.2, 0.25) is 0 Å². The fraction of sp³-hybridized carbons (Fsp3) is 0.0312. The lowest BCUT2D eigenvalue weighted by Gasteiger charge is -2.17. The van der Waals surface area contributed by atoms with Gasteiger partial charge in [-0.25, -0.2) is 9.97 Å². The Morgan fingerprint density at radius 1 is 0.368 bits per heavy atom. The second kappa shape index (κ2) is 16.5. The molecule has 68 heavy (non-hydrogen) atoms. The van der Waals surface area contributed by atoms with Crippen molar-refractivity contribution in [2.75, 3.05) is 0 Å². The van der Waals surface area contributed by atoms with E-state index in [1.165, 1.54) is 54.8 Å². The summed E-state index contributed by atoms with van der Waals surface area (Å²) in [6.45, 7) is 0. The zero-order valence-electron chi connectivity index (χ0n) is 37.3. The molecule has 0 saturated carbocycles. The molecule has 9 aromatic carbocycles. The van der Waals surface area contributed by atoms with Crippen LogP contribution < -0.4 is 0 Å². The third kappa shape index (κ3) is 6.68. The van der Waals surface area contributed by atoms with Crippen LogP contribution in [0.15, 0.2) is 243 Å². The second-order valence-electron chi connectivity index (χ2n) is 17.6. The van der Waals surface area contributed by atoms with Crippen molar-refractivity contribution in [1.29, 1.82) is 0 Å². The minimum atomic E-state index is 0.675. The molecule has 1 aliphatic rings. The van der Waals surface area contributed by atoms with Crippen molar-refractivity contribution in [1.82, 2.24) is 19.1 Å². The molecular formula is C64H44N4. The Hall–Kier alpha value is -8.86. The largest absolute Gasteiger partial charge is 0.309 e. The highest BCUT2D eigenvalue weighted by molar-refractivity contribution is 6.26. The summed E-state index contributed by atoms with van der Waals surface area (Å²) in [5.41, 5.74) is 18.6. The van der Waals surface area contributed by atoms with E-state index >= 15 is 0 Å². The molecule has 13 rings (SSSR count). The lowest BCUT2D eigenvalue weighted by molar-refractivity contribution is 1.04. The molecule has 4 nitrogen and oxygen atoms in total. The lowest BCUT2D eigenvalue weighted by atomic mass is 9.95. The first kappa shape index (κ1) is 39.5. The van der Waals surface area contributed by atoms with Crippen LogP contribution >= 0.6 is 0 Å². The molecule has 0 saturated heterocycles. The quantitative estimate of drug-likeness (QED) is 0.153. The topological polar surface area (TPSA) is 35.6 Å². The van der Waals surface area contributed by atoms with Crippen LogP contribution in [0.5, 0.6) is 0 Å². The summed E-state index contributed by atoms with van der Waals surface area (Å²) in [4.78, 5) is 10.9. The summed E-state index contributed by atoms with van der Waals surface area (Å²) in [7, 11) is 0. The highest BCUT2D eigenvalue weighted by Gasteiger charge is 2.23. The highest BCUT2D eigenvalue weighted by atomic mass is 15.0. The zero-order chi connectivity index (χ0) is 45.0. The summed E-state index contributed by atoms with van der Waals surface area (Å²) >= 11 is 0. The van der Waals surface area contributed by atoms with E-state index in [-0.39, 0.29) is 0 Å². The first-order chi connectivity index (χ1) is 33.7. The predicted octanol–water partition coefficient (Wildman–Crippen LogP) is 16.7. The maximum Gasteiger partial charge on any atom is 0.161 e. The average Bonchev–Trinajstić information content (AvgIpc) is 3.94. The molecule has 0 radical (unpaired) electrons. The lowest BCUT2D eigenvalue weighted by Crippen LogP contribution is -2.00. The summed E-state index contributed by atoms with van der Waals surface area (Å²) in [6.07, 6.45) is 8.96. The number of fused-ring (bicyclic) bond motifs is 7. The minimum Gasteiger partial charge on any atom is -0.309 e. The van der Waals surface area contributed by atoms with Gasteiger partial charge in [-0.1, -0.05) is 194 Å². The molecule has 0 spiro atoms. The maximum atomic E-state index is 5.46. The standard InChI is InChI=1S/C64H44N4/c1-4-19-43(20-5-1)45-35-37-46(38-36-45)56-42-57(48-24-18-23-47(41-48)44-21-6-2-7-22-44)66-64(65-56)54-30-11-10-27-50(54)51-28-12-16-33-59(51)68-60-34-17-14-31-55(60)62-61(68)40-39-53-52-29-13-15-32-58(52)67(63(53)62)49-25-8-3-9-26-49/h1,3-6,8-42H,2,7H2. The third-order valence-electron chi connectivity index (χ3n) is 13.6. The molecule has 0 aliphatic heterocycles. The van der Waals surface area contributed by atoms with Crippen molar-refractivity contribution >= 4 is 49.2 Å². The van der Waals surface area contributed by atoms with Crippen LogP contribution in [0.4, 0.5) is 0 Å². The number of allylic oxidation sites excluding steroid dienone is 4. The zero-order valence-corrected chi connectivity index (χ0v) is 37.3. The summed E-state index contributed by atoms with van der Waals surface area (Å²) in [5, 5.41) is 4.90. The normalized spacial score (nSPS) is 12.6. The van der Waals surface area contributed by atoms with Gasteiger partial charge in [0, 0.05) is 49.5 Å². The molecule has 0 unspecified atom stereocenters. The number of aromatic nitrogens is 4. The first-order valence-corrected chi connectivity index (χ1v) is 23.5. The third-order valence-corrected chi connectivity index (χ3v) is 13.6. The Kier molecular flexibility index (Phi) is 9.61. The summed E-state index contributed by atoms with van der Waals surface area (Å²) in [6, 6.07) is 80.7. The van der Waals surface area contributed by atoms with Crippen molar-refractivity contribution in [2.24, 2.45) is 0 Å². The van der Waals surface area contributed by atoms with Crippen LogP contribution in [0.25, 0.3) is 117 Å². The summed E-state index contributed by atoms with van der Waals surface area (Å²) in [5.74, 6) is 0.675. The van der Waals surface area contributed by atoms with E-state index in [0.29, 0.717) is 5.82 Å². The van der Waals surface area contributed by atoms with Gasteiger partial charge in [0.25, 0.3) is 0 Å². The monoisotopic (exact) mass is 868 g/mol. The number of nitrogens with zero attached hydrogens (tertiary/aromatic N) is 4. The fourth-order valence-corrected chi connectivity index (χ4v) is 10.4. The Morgan fingerprint density at radius 2 is 0.971 bits per heavy atom. The Bertz CT molecular complexity index is 3950. The predicted molar refractivity (Wildman–Crippen MR) is 284 cm³/mol. The highest BCUT2D eigenvalue weighted by Crippen LogP contribution is 2.44. The van der Waals surface area contributed by atoms with E-state index in [2.05, 4.69) is 252 Å². The molecule has 0 atom stereocenters. The van der Waals surface area contributed by atoms with Crippen molar-refractivity contribution in [2.45, 2.75) is 12.8 Å². The van der Waals surface area contributed by atoms with Crippen LogP contribution in [0.1, 0.15) is 18.4 Å². The SMILES string of the molecule is C1=CC(c2cccc(-c3cc(-c4ccc(-c5ccccc5)cc4)nc(-c4ccccc4-c4ccccc4-n4c5ccccc5c5c4ccc4c6ccccc6n(-c6ccccc6)c45)n3)c2)=CCC1. The molecule has 0 N–H and O–H groups in total. The van der Waals surface area contributed by atoms with Gasteiger partial charge < -0.3 is 9.13 Å². The number of hydrogen-bond donors (Lipinski definition) is 0. The van der Waals surface area contributed by atoms with E-state index in [9.17, 15) is 0 Å². The number of rotatable bonds is 8. The molecule has 0 fully saturated rings. The molecule has 3 aromatic heterocycles. The van der Waals surface area contributed by atoms with Crippen molar-refractivity contribution in [3.05, 3.63) is 248 Å². The Labute approximate surface area is 395 Å². The van der Waals surface area contributed by atoms with Gasteiger partial charge in [0.05, 0.1) is 39.1 Å². The maximum absolute atomic E-state index is 5.46. The first-order valence-electron chi connectivity index (χ1n) is 23.5. The van der Waals surface area contributed by atoms with E-state index in [4.69, 9.17) is 9.97 Å². The van der Waals surface area contributed by atoms with Gasteiger partial charge in [-0.05, 0) is 89.2 Å². The average molecular weight is 869 g/mol. The molecule has 320 valence electrons. The van der Waals surface area contributed by atoms with Crippen LogP contribution in [-0.2, 0) is 0 Å². The van der Waals surface area contributed by atoms with Gasteiger partial charge in [-0.15, -0.1) is 0 Å². The van der Waals surface area contributed by atoms with Crippen LogP contribution in [0.3, 0.4) is 0 Å². The molecule has 1 aliphatic carbocycles. The molecule has 4 heteroatoms. The number of benzene rings is 9. The van der Waals surface area contributed by atoms with Crippen LogP contribution in [0, 0.1) is 0 Å². The smallest absolute Gasteiger partial charge is 0.161 e. The van der Waals surface area contributed by atoms with Gasteiger partial charge in [-0.3, -0.25) is 0 Å². The summed E-state index contributed by atoms with van der Waals surface area (Å²) < 4.78 is 4.90. The molecule has 0 bridgehead atoms. The fourth-order valence-electron chi connectivity index (χ4n) is 10.4. The van der Waals surface area contributed by atoms with Crippen LogP contribution in [-0.4, -0.2) is 19.1 Å². The van der Waals surface area contributed by atoms with Crippen LogP contribution in [0.2, 0.25) is 0 Å². The van der Waals surface area contributed by atoms with Crippen molar-refractivity contribution in [3.63, 3.8) is 0 Å². The van der Waals surface area contributed by atoms with Gasteiger partial charge in [0.1, 0.15) is 0 Å². The van der Waals surface area contributed by atoms with E-state index < -0.39 is 0 Å². The van der Waals surface area contributed by atoms with Gasteiger partial charge in [-0.2, -0.15) is 0 Å². The molecule has 3 heterocycles. The van der Waals surface area contributed by atoms with E-state index in [1.54, 1.807) is 0 Å². The van der Waals surface area contributed by atoms with E-state index in [0.717, 1.165) is 74.5 Å². The van der Waals surface area contributed by atoms with Crippen molar-refractivity contribution in [3.8, 4) is 67.5 Å². The van der Waals surface area contributed by atoms with E-state index in [1.807, 2.05) is 0 Å². The molecular weight excluding hydrogens is 825 g/mol. The number of hydrogen-bond acceptors (Lipinski definition) is 2. The van der Waals surface area contributed by atoms with Gasteiger partial charge in [0.15, 0.2) is 5.82 Å². The second-order valence-corrected chi connectivity index (χ2v) is 17.6. The number of para-hydroxylation sites is 4. The molecule has 0 amide bonds. The van der Waals surface area contributed by atoms with Gasteiger partial charge >= 0.3 is 0 Å². The molecule has 12 aromatic rings. The minimum absolute atomic E-state index is 0.675.